The van der Waals surface area contributed by atoms with Crippen molar-refractivity contribution in [3.63, 3.8) is 0 Å². The molecule has 3 aromatic carbocycles. The van der Waals surface area contributed by atoms with E-state index in [0.717, 1.165) is 72.1 Å². The molecule has 1 aliphatic heterocycles. The minimum Gasteiger partial charge on any atom is -0.512 e. The fraction of sp³-hybridized carbons (Fsp3) is 0.511. The van der Waals surface area contributed by atoms with E-state index >= 15 is 0 Å². The van der Waals surface area contributed by atoms with E-state index in [9.17, 15) is 9.90 Å². The van der Waals surface area contributed by atoms with Gasteiger partial charge in [-0.3, -0.25) is 9.78 Å². The van der Waals surface area contributed by atoms with Crippen LogP contribution in [-0.4, -0.2) is 15.9 Å². The Hall–Kier alpha value is -3.01. The second kappa shape index (κ2) is 16.1. The van der Waals surface area contributed by atoms with Crippen molar-refractivity contribution < 1.29 is 34.7 Å². The predicted molar refractivity (Wildman–Crippen MR) is 208 cm³/mol. The molecule has 1 N–H and O–H groups in total. The number of carbonyl (C=O) groups excluding carboxylic acids is 1. The number of nitrogens with zero attached hydrogens (tertiary/aromatic N) is 1. The first-order chi connectivity index (χ1) is 22.9. The minimum absolute atomic E-state index is 0. The van der Waals surface area contributed by atoms with Gasteiger partial charge in [0.1, 0.15) is 11.5 Å². The van der Waals surface area contributed by atoms with Crippen molar-refractivity contribution >= 4 is 27.3 Å². The number of aliphatic hydroxyl groups is 1. The van der Waals surface area contributed by atoms with Gasteiger partial charge in [0.2, 0.25) is 0 Å². The van der Waals surface area contributed by atoms with Crippen LogP contribution >= 0.6 is 0 Å². The summed E-state index contributed by atoms with van der Waals surface area (Å²) in [5, 5.41) is 14.9. The third-order valence-corrected chi connectivity index (χ3v) is 10.3. The van der Waals surface area contributed by atoms with Crippen molar-refractivity contribution in [2.75, 3.05) is 0 Å². The van der Waals surface area contributed by atoms with Crippen LogP contribution in [0, 0.1) is 35.2 Å². The van der Waals surface area contributed by atoms with Crippen LogP contribution in [-0.2, 0) is 37.7 Å². The van der Waals surface area contributed by atoms with Crippen molar-refractivity contribution in [2.45, 2.75) is 129 Å². The van der Waals surface area contributed by atoms with Gasteiger partial charge in [0.05, 0.1) is 5.75 Å². The average Bonchev–Trinajstić information content (AvgIpc) is 3.04. The monoisotopic (exact) mass is 855 g/mol. The second-order valence-electron chi connectivity index (χ2n) is 16.9. The number of hydrogen-bond donors (Lipinski definition) is 1. The summed E-state index contributed by atoms with van der Waals surface area (Å²) in [6.07, 6.45) is 7.32. The van der Waals surface area contributed by atoms with E-state index in [1.165, 1.54) is 27.5 Å². The van der Waals surface area contributed by atoms with Crippen LogP contribution in [0.4, 0.5) is 0 Å². The molecule has 273 valence electrons. The van der Waals surface area contributed by atoms with Crippen LogP contribution < -0.4 is 4.74 Å². The van der Waals surface area contributed by atoms with Gasteiger partial charge in [0.25, 0.3) is 0 Å². The number of ether oxygens (including phenoxy) is 1. The molecule has 4 nitrogen and oxygen atoms in total. The Morgan fingerprint density at radius 1 is 0.900 bits per heavy atom. The number of ketones is 1. The fourth-order valence-electron chi connectivity index (χ4n) is 7.04. The number of aromatic nitrogens is 1. The number of benzene rings is 3. The van der Waals surface area contributed by atoms with Crippen molar-refractivity contribution in [1.82, 2.24) is 4.98 Å². The normalized spacial score (nSPS) is 13.2. The molecule has 0 saturated heterocycles. The molecule has 5 heteroatoms. The van der Waals surface area contributed by atoms with E-state index in [0.29, 0.717) is 11.3 Å². The Bertz CT molecular complexity index is 1860. The number of aliphatic hydroxyl groups excluding tert-OH is 1. The molecule has 0 fully saturated rings. The van der Waals surface area contributed by atoms with Crippen LogP contribution in [0.5, 0.6) is 11.5 Å². The average molecular weight is 855 g/mol. The van der Waals surface area contributed by atoms with Gasteiger partial charge in [-0.15, -0.1) is 17.5 Å². The zero-order chi connectivity index (χ0) is 36.5. The van der Waals surface area contributed by atoms with Crippen LogP contribution in [0.3, 0.4) is 0 Å². The molecule has 4 aromatic rings. The smallest absolute Gasteiger partial charge is 0.167 e. The minimum atomic E-state index is -0.329. The Morgan fingerprint density at radius 3 is 2.06 bits per heavy atom. The maximum Gasteiger partial charge on any atom is 0.167 e. The molecule has 5 rings (SSSR count). The Balaban J connectivity index is 0.000000323. The number of carbonyl (C=O) groups is 1. The number of pyridine rings is 1. The Morgan fingerprint density at radius 2 is 1.50 bits per heavy atom. The topological polar surface area (TPSA) is 59.4 Å². The molecule has 0 atom stereocenters. The summed E-state index contributed by atoms with van der Waals surface area (Å²) in [6, 6.07) is 16.8. The number of aryl methyl sites for hydroxylation is 1. The molecule has 0 bridgehead atoms. The summed E-state index contributed by atoms with van der Waals surface area (Å²) in [4.78, 5) is 17.3. The summed E-state index contributed by atoms with van der Waals surface area (Å²) in [7, 11) is 0. The third kappa shape index (κ3) is 8.88. The van der Waals surface area contributed by atoms with Gasteiger partial charge >= 0.3 is 0 Å². The van der Waals surface area contributed by atoms with Crippen LogP contribution in [0.2, 0.25) is 0 Å². The van der Waals surface area contributed by atoms with Gasteiger partial charge in [-0.05, 0) is 85.8 Å². The summed E-state index contributed by atoms with van der Waals surface area (Å²) in [5.74, 6) is 2.38. The summed E-state index contributed by atoms with van der Waals surface area (Å²) in [6.45, 7) is 27.7. The summed E-state index contributed by atoms with van der Waals surface area (Å²) < 4.78 is 6.77. The van der Waals surface area contributed by atoms with Gasteiger partial charge in [0, 0.05) is 54.3 Å². The molecule has 2 heterocycles. The van der Waals surface area contributed by atoms with Gasteiger partial charge < -0.3 is 9.84 Å². The van der Waals surface area contributed by atoms with Crippen LogP contribution in [0.25, 0.3) is 32.8 Å². The first kappa shape index (κ1) is 41.4. The molecule has 1 aliphatic rings. The zero-order valence-electron chi connectivity index (χ0n) is 32.9. The van der Waals surface area contributed by atoms with E-state index in [2.05, 4.69) is 90.9 Å². The molecule has 0 aliphatic carbocycles. The van der Waals surface area contributed by atoms with E-state index in [-0.39, 0.29) is 48.1 Å². The number of fused-ring (bicyclic) bond motifs is 3. The zero-order valence-corrected chi connectivity index (χ0v) is 35.3. The van der Waals surface area contributed by atoms with E-state index < -0.39 is 0 Å². The molecule has 50 heavy (non-hydrogen) atoms. The maximum atomic E-state index is 12.4. The van der Waals surface area contributed by atoms with Gasteiger partial charge in [-0.1, -0.05) is 117 Å². The predicted octanol–water partition coefficient (Wildman–Crippen LogP) is 13.1. The molecule has 0 saturated carbocycles. The second-order valence-corrected chi connectivity index (χ2v) is 16.9. The molecule has 1 aromatic heterocycles. The van der Waals surface area contributed by atoms with Crippen LogP contribution in [0.15, 0.2) is 53.9 Å². The van der Waals surface area contributed by atoms with Gasteiger partial charge in [-0.25, -0.2) is 0 Å². The van der Waals surface area contributed by atoms with Crippen LogP contribution in [0.1, 0.15) is 125 Å². The van der Waals surface area contributed by atoms with E-state index in [1.54, 1.807) is 6.92 Å². The van der Waals surface area contributed by atoms with E-state index in [4.69, 9.17) is 9.72 Å². The molecule has 0 spiro atoms. The number of hydrogen-bond acceptors (Lipinski definition) is 4. The first-order valence-corrected chi connectivity index (χ1v) is 18.4. The fourth-order valence-corrected chi connectivity index (χ4v) is 7.04. The van der Waals surface area contributed by atoms with Crippen molar-refractivity contribution in [1.29, 1.82) is 0 Å². The molecule has 1 radical (unpaired) electrons. The quantitative estimate of drug-likeness (QED) is 0.0911. The molecular formula is C45H60IrNO3-. The summed E-state index contributed by atoms with van der Waals surface area (Å²) >= 11 is 0. The maximum absolute atomic E-state index is 12.4. The van der Waals surface area contributed by atoms with Crippen molar-refractivity contribution in [3.8, 4) is 22.8 Å². The van der Waals surface area contributed by atoms with Crippen molar-refractivity contribution in [3.05, 3.63) is 76.7 Å². The largest absolute Gasteiger partial charge is 0.512 e. The van der Waals surface area contributed by atoms with Gasteiger partial charge in [0.15, 0.2) is 5.78 Å². The SMILES string of the molecule is CCC(CC)/C(O)=C(\C)C(=O)C(C)(CC)CC.Cc1cnc2c3c(cc(CC(C)(C)C)cc13)Oc1c-2[c-]c2ccccc2c1CC(C)(C)C.[Ir]. The summed E-state index contributed by atoms with van der Waals surface area (Å²) in [5.41, 5.74) is 6.30. The number of rotatable bonds is 9. The number of allylic oxidation sites excluding steroid dienone is 2. The van der Waals surface area contributed by atoms with E-state index in [1.807, 2.05) is 40.8 Å². The van der Waals surface area contributed by atoms with Crippen molar-refractivity contribution in [2.24, 2.45) is 22.2 Å². The molecule has 0 unspecified atom stereocenters. The number of Topliss-reactive ketones (excluding diaryl/α,β-unsaturated/α-hetero) is 1. The Labute approximate surface area is 315 Å². The molecule has 0 amide bonds. The van der Waals surface area contributed by atoms with Gasteiger partial charge in [-0.2, -0.15) is 0 Å². The molecular weight excluding hydrogens is 795 g/mol. The Kier molecular flexibility index (Phi) is 13.4. The first-order valence-electron chi connectivity index (χ1n) is 18.4. The standard InChI is InChI=1S/C30H32NO.C15H28O2.Ir/c1-18-17-31-27-23-14-20-10-8-9-11-21(20)24(16-30(5,6)7)28(23)32-25-13-19(15-29(2,3)4)12-22(18)26(25)27;1-7-12(8-2)13(16)11(5)14(17)15(6,9-3)10-4;/h8-13,17H,15-16H2,1-7H3;12,16H,7-10H2,1-6H3;/q-1;;/b;13-11-;. The third-order valence-electron chi connectivity index (χ3n) is 10.3.